The molecule has 0 aliphatic carbocycles. The summed E-state index contributed by atoms with van der Waals surface area (Å²) in [6.45, 7) is 7.43. The number of benzene rings is 1. The van der Waals surface area contributed by atoms with E-state index in [1.54, 1.807) is 4.90 Å². The van der Waals surface area contributed by atoms with Gasteiger partial charge in [0, 0.05) is 18.8 Å². The molecule has 1 aromatic rings. The van der Waals surface area contributed by atoms with Gasteiger partial charge >= 0.3 is 6.09 Å². The van der Waals surface area contributed by atoms with Gasteiger partial charge < -0.3 is 15.0 Å². The molecule has 1 aromatic carbocycles. The second kappa shape index (κ2) is 7.02. The van der Waals surface area contributed by atoms with Crippen molar-refractivity contribution >= 4 is 17.7 Å². The van der Waals surface area contributed by atoms with Gasteiger partial charge in [0.05, 0.1) is 13.0 Å². The van der Waals surface area contributed by atoms with E-state index in [0.29, 0.717) is 13.1 Å². The van der Waals surface area contributed by atoms with Crippen molar-refractivity contribution < 1.29 is 14.3 Å². The maximum absolute atomic E-state index is 12.6. The zero-order valence-corrected chi connectivity index (χ0v) is 14.4. The third kappa shape index (κ3) is 4.24. The molecule has 23 heavy (non-hydrogen) atoms. The predicted molar refractivity (Wildman–Crippen MR) is 90.5 cm³/mol. The minimum absolute atomic E-state index is 0.0321. The Labute approximate surface area is 138 Å². The third-order valence-electron chi connectivity index (χ3n) is 4.22. The number of piperidine rings is 1. The lowest BCUT2D eigenvalue weighted by Gasteiger charge is -2.31. The number of amides is 2. The van der Waals surface area contributed by atoms with Crippen LogP contribution < -0.4 is 5.32 Å². The molecule has 2 amide bonds. The van der Waals surface area contributed by atoms with E-state index in [1.165, 1.54) is 7.11 Å². The molecule has 5 heteroatoms. The highest BCUT2D eigenvalue weighted by molar-refractivity contribution is 5.94. The highest BCUT2D eigenvalue weighted by Crippen LogP contribution is 2.30. The van der Waals surface area contributed by atoms with Crippen molar-refractivity contribution in [1.82, 2.24) is 4.90 Å². The fourth-order valence-electron chi connectivity index (χ4n) is 2.97. The monoisotopic (exact) mass is 318 g/mol. The van der Waals surface area contributed by atoms with Crippen molar-refractivity contribution in [2.24, 2.45) is 5.92 Å². The smallest absolute Gasteiger partial charge is 0.409 e. The van der Waals surface area contributed by atoms with Gasteiger partial charge in [0.25, 0.3) is 0 Å². The number of carbonyl (C=O) groups is 2. The summed E-state index contributed by atoms with van der Waals surface area (Å²) >= 11 is 0. The average molecular weight is 318 g/mol. The molecule has 126 valence electrons. The number of likely N-dealkylation sites (tertiary alicyclic amines) is 1. The Bertz CT molecular complexity index is 578. The van der Waals surface area contributed by atoms with Gasteiger partial charge in [-0.1, -0.05) is 39.0 Å². The average Bonchev–Trinajstić information content (AvgIpc) is 2.53. The van der Waals surface area contributed by atoms with Crippen molar-refractivity contribution in [1.29, 1.82) is 0 Å². The molecule has 0 radical (unpaired) electrons. The van der Waals surface area contributed by atoms with Gasteiger partial charge in [0.15, 0.2) is 0 Å². The molecule has 5 nitrogen and oxygen atoms in total. The summed E-state index contributed by atoms with van der Waals surface area (Å²) in [6, 6.07) is 7.87. The summed E-state index contributed by atoms with van der Waals surface area (Å²) in [5, 5.41) is 3.05. The molecule has 0 aromatic heterocycles. The maximum Gasteiger partial charge on any atom is 0.409 e. The number of para-hydroxylation sites is 1. The maximum atomic E-state index is 12.6. The molecule has 1 aliphatic heterocycles. The summed E-state index contributed by atoms with van der Waals surface area (Å²) in [6.07, 6.45) is 1.24. The number of nitrogens with zero attached hydrogens (tertiary/aromatic N) is 1. The lowest BCUT2D eigenvalue weighted by Crippen LogP contribution is -2.43. The first kappa shape index (κ1) is 17.3. The van der Waals surface area contributed by atoms with Crippen molar-refractivity contribution in [3.8, 4) is 0 Å². The molecule has 1 saturated heterocycles. The van der Waals surface area contributed by atoms with E-state index in [9.17, 15) is 9.59 Å². The molecule has 0 bridgehead atoms. The lowest BCUT2D eigenvalue weighted by molar-refractivity contribution is -0.121. The minimum atomic E-state index is -0.363. The van der Waals surface area contributed by atoms with Crippen LogP contribution >= 0.6 is 0 Å². The predicted octanol–water partition coefficient (Wildman–Crippen LogP) is 3.40. The summed E-state index contributed by atoms with van der Waals surface area (Å²) in [7, 11) is 1.37. The fraction of sp³-hybridized carbons (Fsp3) is 0.556. The van der Waals surface area contributed by atoms with E-state index in [4.69, 9.17) is 4.74 Å². The first-order chi connectivity index (χ1) is 10.8. The highest BCUT2D eigenvalue weighted by Gasteiger charge is 2.29. The molecule has 1 aliphatic rings. The van der Waals surface area contributed by atoms with Gasteiger partial charge in [-0.25, -0.2) is 4.79 Å². The second-order valence-corrected chi connectivity index (χ2v) is 7.04. The zero-order chi connectivity index (χ0) is 17.0. The van der Waals surface area contributed by atoms with Crippen LogP contribution in [0.1, 0.15) is 39.2 Å². The molecule has 0 saturated carbocycles. The van der Waals surface area contributed by atoms with E-state index in [2.05, 4.69) is 26.1 Å². The van der Waals surface area contributed by atoms with E-state index in [1.807, 2.05) is 24.3 Å². The van der Waals surface area contributed by atoms with E-state index in [0.717, 1.165) is 24.1 Å². The zero-order valence-electron chi connectivity index (χ0n) is 14.4. The number of anilines is 1. The van der Waals surface area contributed by atoms with Crippen LogP contribution in [0.5, 0.6) is 0 Å². The number of carbonyl (C=O) groups excluding carboxylic acids is 2. The Morgan fingerprint density at radius 1 is 1.26 bits per heavy atom. The van der Waals surface area contributed by atoms with Gasteiger partial charge in [-0.2, -0.15) is 0 Å². The topological polar surface area (TPSA) is 58.6 Å². The van der Waals surface area contributed by atoms with Gasteiger partial charge in [-0.15, -0.1) is 0 Å². The van der Waals surface area contributed by atoms with Crippen LogP contribution in [0.25, 0.3) is 0 Å². The molecule has 0 spiro atoms. The molecular weight excluding hydrogens is 292 g/mol. The van der Waals surface area contributed by atoms with Crippen molar-refractivity contribution in [2.45, 2.75) is 39.0 Å². The highest BCUT2D eigenvalue weighted by atomic mass is 16.5. The minimum Gasteiger partial charge on any atom is -0.453 e. The van der Waals surface area contributed by atoms with Crippen LogP contribution in [-0.4, -0.2) is 37.1 Å². The number of rotatable bonds is 2. The first-order valence-corrected chi connectivity index (χ1v) is 8.06. The molecule has 1 fully saturated rings. The van der Waals surface area contributed by atoms with Gasteiger partial charge in [0.2, 0.25) is 5.91 Å². The second-order valence-electron chi connectivity index (χ2n) is 7.04. The lowest BCUT2D eigenvalue weighted by atomic mass is 9.85. The SMILES string of the molecule is COC(=O)N1CCCC(C(=O)Nc2ccccc2C(C)(C)C)C1. The number of ether oxygens (including phenoxy) is 1. The fourth-order valence-corrected chi connectivity index (χ4v) is 2.97. The molecule has 1 atom stereocenters. The molecule has 1 unspecified atom stereocenters. The molecule has 1 N–H and O–H groups in total. The van der Waals surface area contributed by atoms with E-state index < -0.39 is 0 Å². The van der Waals surface area contributed by atoms with Crippen LogP contribution in [0.15, 0.2) is 24.3 Å². The van der Waals surface area contributed by atoms with E-state index in [-0.39, 0.29) is 23.3 Å². The van der Waals surface area contributed by atoms with Crippen LogP contribution in [0.3, 0.4) is 0 Å². The van der Waals surface area contributed by atoms with Gasteiger partial charge in [0.1, 0.15) is 0 Å². The summed E-state index contributed by atoms with van der Waals surface area (Å²) in [4.78, 5) is 25.9. The standard InChI is InChI=1S/C18H26N2O3/c1-18(2,3)14-9-5-6-10-15(14)19-16(21)13-8-7-11-20(12-13)17(22)23-4/h5-6,9-10,13H,7-8,11-12H2,1-4H3,(H,19,21). The molecular formula is C18H26N2O3. The Hall–Kier alpha value is -2.04. The largest absolute Gasteiger partial charge is 0.453 e. The number of hydrogen-bond donors (Lipinski definition) is 1. The normalized spacial score (nSPS) is 18.4. The Morgan fingerprint density at radius 2 is 1.96 bits per heavy atom. The van der Waals surface area contributed by atoms with Crippen LogP contribution in [0.2, 0.25) is 0 Å². The number of hydrogen-bond acceptors (Lipinski definition) is 3. The summed E-state index contributed by atoms with van der Waals surface area (Å²) < 4.78 is 4.76. The molecule has 1 heterocycles. The van der Waals surface area contributed by atoms with Crippen LogP contribution in [0, 0.1) is 5.92 Å². The van der Waals surface area contributed by atoms with E-state index >= 15 is 0 Å². The first-order valence-electron chi connectivity index (χ1n) is 8.06. The van der Waals surface area contributed by atoms with Crippen molar-refractivity contribution in [3.63, 3.8) is 0 Å². The quantitative estimate of drug-likeness (QED) is 0.909. The van der Waals surface area contributed by atoms with Crippen LogP contribution in [-0.2, 0) is 14.9 Å². The Kier molecular flexibility index (Phi) is 5.29. The summed E-state index contributed by atoms with van der Waals surface area (Å²) in [5.74, 6) is -0.230. The van der Waals surface area contributed by atoms with Crippen molar-refractivity contribution in [3.05, 3.63) is 29.8 Å². The Morgan fingerprint density at radius 3 is 2.61 bits per heavy atom. The number of methoxy groups -OCH3 is 1. The number of nitrogens with one attached hydrogen (secondary N) is 1. The van der Waals surface area contributed by atoms with Gasteiger partial charge in [-0.3, -0.25) is 4.79 Å². The van der Waals surface area contributed by atoms with Crippen molar-refractivity contribution in [2.75, 3.05) is 25.5 Å². The third-order valence-corrected chi connectivity index (χ3v) is 4.22. The summed E-state index contributed by atoms with van der Waals surface area (Å²) in [5.41, 5.74) is 1.91. The van der Waals surface area contributed by atoms with Gasteiger partial charge in [-0.05, 0) is 29.9 Å². The van der Waals surface area contributed by atoms with Crippen LogP contribution in [0.4, 0.5) is 10.5 Å². The molecule has 2 rings (SSSR count). The Balaban J connectivity index is 2.09.